The number of benzene rings is 2. The molecule has 1 fully saturated rings. The number of rotatable bonds is 7. The zero-order valence-corrected chi connectivity index (χ0v) is 19.9. The summed E-state index contributed by atoms with van der Waals surface area (Å²) in [4.78, 5) is 26.2. The number of piperazine rings is 1. The van der Waals surface area contributed by atoms with Crippen molar-refractivity contribution in [3.8, 4) is 17.0 Å². The van der Waals surface area contributed by atoms with Crippen molar-refractivity contribution in [2.24, 2.45) is 0 Å². The van der Waals surface area contributed by atoms with Crippen molar-refractivity contribution in [2.45, 2.75) is 13.1 Å². The van der Waals surface area contributed by atoms with Crippen molar-refractivity contribution in [1.82, 2.24) is 24.3 Å². The van der Waals surface area contributed by atoms with E-state index in [0.717, 1.165) is 72.4 Å². The SMILES string of the molecule is COc1ccc(-c2csc(CN3CCN(C(=O)c4ccc(Cn5ccnc5)cc4)CC3)n2)cc1. The Labute approximate surface area is 203 Å². The molecule has 0 N–H and O–H groups in total. The van der Waals surface area contributed by atoms with Gasteiger partial charge in [0.15, 0.2) is 0 Å². The number of methoxy groups -OCH3 is 1. The molecule has 7 nitrogen and oxygen atoms in total. The minimum atomic E-state index is 0.102. The highest BCUT2D eigenvalue weighted by Gasteiger charge is 2.23. The van der Waals surface area contributed by atoms with Crippen LogP contribution < -0.4 is 4.74 Å². The van der Waals surface area contributed by atoms with Crippen LogP contribution in [0.5, 0.6) is 5.75 Å². The zero-order valence-electron chi connectivity index (χ0n) is 19.1. The number of hydrogen-bond acceptors (Lipinski definition) is 6. The Hall–Kier alpha value is -3.49. The molecular formula is C26H27N5O2S. The third-order valence-electron chi connectivity index (χ3n) is 6.08. The highest BCUT2D eigenvalue weighted by molar-refractivity contribution is 7.09. The number of imidazole rings is 1. The van der Waals surface area contributed by atoms with Gasteiger partial charge in [0.05, 0.1) is 25.7 Å². The van der Waals surface area contributed by atoms with Gasteiger partial charge in [-0.2, -0.15) is 0 Å². The molecule has 1 saturated heterocycles. The number of carbonyl (C=O) groups is 1. The average Bonchev–Trinajstić information content (AvgIpc) is 3.57. The maximum absolute atomic E-state index is 13.0. The van der Waals surface area contributed by atoms with Crippen LogP contribution in [0.1, 0.15) is 20.9 Å². The molecule has 0 spiro atoms. The number of amides is 1. The first kappa shape index (κ1) is 22.3. The number of carbonyl (C=O) groups excluding carboxylic acids is 1. The minimum absolute atomic E-state index is 0.102. The van der Waals surface area contributed by atoms with Gasteiger partial charge in [0.25, 0.3) is 5.91 Å². The summed E-state index contributed by atoms with van der Waals surface area (Å²) in [6.45, 7) is 4.72. The van der Waals surface area contributed by atoms with Crippen molar-refractivity contribution in [3.05, 3.63) is 88.8 Å². The van der Waals surface area contributed by atoms with E-state index in [4.69, 9.17) is 9.72 Å². The van der Waals surface area contributed by atoms with Crippen LogP contribution >= 0.6 is 11.3 Å². The molecular weight excluding hydrogens is 446 g/mol. The topological polar surface area (TPSA) is 63.5 Å². The highest BCUT2D eigenvalue weighted by Crippen LogP contribution is 2.25. The fourth-order valence-corrected chi connectivity index (χ4v) is 4.95. The Morgan fingerprint density at radius 1 is 1.00 bits per heavy atom. The zero-order chi connectivity index (χ0) is 23.3. The number of hydrogen-bond donors (Lipinski definition) is 0. The number of nitrogens with zero attached hydrogens (tertiary/aromatic N) is 5. The van der Waals surface area contributed by atoms with Gasteiger partial charge >= 0.3 is 0 Å². The Kier molecular flexibility index (Phi) is 6.69. The maximum atomic E-state index is 13.0. The summed E-state index contributed by atoms with van der Waals surface area (Å²) in [5.41, 5.74) is 3.98. The lowest BCUT2D eigenvalue weighted by molar-refractivity contribution is 0.0628. The van der Waals surface area contributed by atoms with Crippen LogP contribution in [0.25, 0.3) is 11.3 Å². The van der Waals surface area contributed by atoms with Crippen molar-refractivity contribution in [3.63, 3.8) is 0 Å². The summed E-state index contributed by atoms with van der Waals surface area (Å²) >= 11 is 1.68. The first-order valence-corrected chi connectivity index (χ1v) is 12.2. The second-order valence-corrected chi connectivity index (χ2v) is 9.30. The molecule has 0 aliphatic carbocycles. The standard InChI is InChI=1S/C26H27N5O2S/c1-33-23-8-6-21(7-9-23)24-18-34-25(28-24)17-29-12-14-31(15-13-29)26(32)22-4-2-20(3-5-22)16-30-11-10-27-19-30/h2-11,18-19H,12-17H2,1H3. The summed E-state index contributed by atoms with van der Waals surface area (Å²) in [6, 6.07) is 15.9. The van der Waals surface area contributed by atoms with Crippen LogP contribution in [0.2, 0.25) is 0 Å². The Balaban J connectivity index is 1.13. The lowest BCUT2D eigenvalue weighted by atomic mass is 10.1. The van der Waals surface area contributed by atoms with Gasteiger partial charge in [-0.05, 0) is 42.0 Å². The highest BCUT2D eigenvalue weighted by atomic mass is 32.1. The molecule has 1 aliphatic rings. The normalized spacial score (nSPS) is 14.3. The van der Waals surface area contributed by atoms with Crippen molar-refractivity contribution < 1.29 is 9.53 Å². The lowest BCUT2D eigenvalue weighted by Gasteiger charge is -2.34. The molecule has 0 saturated carbocycles. The number of ether oxygens (including phenoxy) is 1. The van der Waals surface area contributed by atoms with E-state index in [2.05, 4.69) is 15.3 Å². The lowest BCUT2D eigenvalue weighted by Crippen LogP contribution is -2.48. The summed E-state index contributed by atoms with van der Waals surface area (Å²) in [5, 5.41) is 3.20. The molecule has 5 rings (SSSR count). The van der Waals surface area contributed by atoms with E-state index < -0.39 is 0 Å². The molecule has 0 atom stereocenters. The first-order valence-electron chi connectivity index (χ1n) is 11.3. The van der Waals surface area contributed by atoms with E-state index in [-0.39, 0.29) is 5.91 Å². The van der Waals surface area contributed by atoms with Gasteiger partial charge in [-0.3, -0.25) is 9.69 Å². The molecule has 0 unspecified atom stereocenters. The molecule has 1 aliphatic heterocycles. The summed E-state index contributed by atoms with van der Waals surface area (Å²) < 4.78 is 7.25. The molecule has 34 heavy (non-hydrogen) atoms. The predicted octanol–water partition coefficient (Wildman–Crippen LogP) is 4.02. The van der Waals surface area contributed by atoms with E-state index in [1.165, 1.54) is 0 Å². The largest absolute Gasteiger partial charge is 0.497 e. The van der Waals surface area contributed by atoms with E-state index in [1.807, 2.05) is 64.2 Å². The van der Waals surface area contributed by atoms with Gasteiger partial charge in [0.1, 0.15) is 10.8 Å². The maximum Gasteiger partial charge on any atom is 0.253 e. The van der Waals surface area contributed by atoms with Gasteiger partial charge in [0, 0.05) is 61.6 Å². The van der Waals surface area contributed by atoms with Gasteiger partial charge in [-0.25, -0.2) is 9.97 Å². The second kappa shape index (κ2) is 10.2. The van der Waals surface area contributed by atoms with E-state index in [0.29, 0.717) is 0 Å². The monoisotopic (exact) mass is 473 g/mol. The quantitative estimate of drug-likeness (QED) is 0.406. The Morgan fingerprint density at radius 2 is 1.76 bits per heavy atom. The van der Waals surface area contributed by atoms with Crippen molar-refractivity contribution >= 4 is 17.2 Å². The van der Waals surface area contributed by atoms with Gasteiger partial charge < -0.3 is 14.2 Å². The smallest absolute Gasteiger partial charge is 0.253 e. The van der Waals surface area contributed by atoms with Crippen LogP contribution in [0.3, 0.4) is 0 Å². The van der Waals surface area contributed by atoms with Gasteiger partial charge in [-0.15, -0.1) is 11.3 Å². The molecule has 0 radical (unpaired) electrons. The molecule has 1 amide bonds. The summed E-state index contributed by atoms with van der Waals surface area (Å²) in [6.07, 6.45) is 5.50. The van der Waals surface area contributed by atoms with Crippen LogP contribution in [-0.4, -0.2) is 63.5 Å². The fourth-order valence-electron chi connectivity index (χ4n) is 4.10. The first-order chi connectivity index (χ1) is 16.7. The molecule has 3 heterocycles. The van der Waals surface area contributed by atoms with Crippen LogP contribution in [0, 0.1) is 0 Å². The minimum Gasteiger partial charge on any atom is -0.497 e. The Morgan fingerprint density at radius 3 is 2.44 bits per heavy atom. The second-order valence-electron chi connectivity index (χ2n) is 8.36. The van der Waals surface area contributed by atoms with Gasteiger partial charge in [-0.1, -0.05) is 12.1 Å². The number of aromatic nitrogens is 3. The molecule has 4 aromatic rings. The number of thiazole rings is 1. The van der Waals surface area contributed by atoms with Crippen LogP contribution in [0.15, 0.2) is 72.6 Å². The van der Waals surface area contributed by atoms with E-state index >= 15 is 0 Å². The van der Waals surface area contributed by atoms with Crippen LogP contribution in [-0.2, 0) is 13.1 Å². The summed E-state index contributed by atoms with van der Waals surface area (Å²) in [7, 11) is 1.67. The molecule has 0 bridgehead atoms. The molecule has 2 aromatic carbocycles. The fraction of sp³-hybridized carbons (Fsp3) is 0.269. The molecule has 2 aromatic heterocycles. The third kappa shape index (κ3) is 5.18. The predicted molar refractivity (Wildman–Crippen MR) is 133 cm³/mol. The molecule has 174 valence electrons. The van der Waals surface area contributed by atoms with Crippen LogP contribution in [0.4, 0.5) is 0 Å². The van der Waals surface area contributed by atoms with E-state index in [1.54, 1.807) is 31.0 Å². The summed E-state index contributed by atoms with van der Waals surface area (Å²) in [5.74, 6) is 0.946. The van der Waals surface area contributed by atoms with Gasteiger partial charge in [0.2, 0.25) is 0 Å². The molecule has 8 heteroatoms. The van der Waals surface area contributed by atoms with Crippen molar-refractivity contribution in [1.29, 1.82) is 0 Å². The average molecular weight is 474 g/mol. The Bertz CT molecular complexity index is 1210. The van der Waals surface area contributed by atoms with E-state index in [9.17, 15) is 4.79 Å². The third-order valence-corrected chi connectivity index (χ3v) is 6.91. The van der Waals surface area contributed by atoms with Crippen molar-refractivity contribution in [2.75, 3.05) is 33.3 Å².